The van der Waals surface area contributed by atoms with Crippen molar-refractivity contribution in [2.24, 2.45) is 5.92 Å². The lowest BCUT2D eigenvalue weighted by Gasteiger charge is -2.16. The molecule has 0 fully saturated rings. The van der Waals surface area contributed by atoms with Crippen LogP contribution in [0.25, 0.3) is 0 Å². The summed E-state index contributed by atoms with van der Waals surface area (Å²) in [6.07, 6.45) is 0. The zero-order valence-corrected chi connectivity index (χ0v) is 8.85. The minimum atomic E-state index is -1.14. The predicted molar refractivity (Wildman–Crippen MR) is 53.7 cm³/mol. The molecule has 15 heavy (non-hydrogen) atoms. The summed E-state index contributed by atoms with van der Waals surface area (Å²) in [4.78, 5) is 23.4. The third-order valence-corrected chi connectivity index (χ3v) is 2.13. The normalized spacial score (nSPS) is 12.2. The van der Waals surface area contributed by atoms with Crippen LogP contribution in [0.15, 0.2) is 16.5 Å². The van der Waals surface area contributed by atoms with Crippen LogP contribution in [0, 0.1) is 12.8 Å². The largest absolute Gasteiger partial charge is 0.481 e. The summed E-state index contributed by atoms with van der Waals surface area (Å²) in [5, 5.41) is 8.68. The average Bonchev–Trinajstić information content (AvgIpc) is 2.61. The molecule has 0 aliphatic heterocycles. The van der Waals surface area contributed by atoms with Crippen LogP contribution in [0.2, 0.25) is 0 Å². The molecule has 1 N–H and O–H groups in total. The highest BCUT2D eigenvalue weighted by Crippen LogP contribution is 2.18. The molecule has 5 heteroatoms. The summed E-state index contributed by atoms with van der Waals surface area (Å²) in [7, 11) is 1.49. The molecule has 0 bridgehead atoms. The molecule has 82 valence electrons. The Morgan fingerprint density at radius 3 is 2.47 bits per heavy atom. The van der Waals surface area contributed by atoms with Gasteiger partial charge in [-0.2, -0.15) is 0 Å². The number of hydrogen-bond acceptors (Lipinski definition) is 3. The first-order chi connectivity index (χ1) is 6.93. The third kappa shape index (κ3) is 2.37. The number of anilines is 1. The standard InChI is InChI=1S/C10H13NO4/c1-6-4-5-8(15-6)11(3)9(12)7(2)10(13)14/h4-5,7H,1-3H3,(H,13,14). The molecule has 0 aliphatic rings. The minimum absolute atomic E-state index is 0.352. The zero-order chi connectivity index (χ0) is 11.6. The van der Waals surface area contributed by atoms with E-state index in [1.165, 1.54) is 18.9 Å². The Hall–Kier alpha value is -1.78. The number of aryl methyl sites for hydroxylation is 1. The zero-order valence-electron chi connectivity index (χ0n) is 8.85. The summed E-state index contributed by atoms with van der Waals surface area (Å²) >= 11 is 0. The van der Waals surface area contributed by atoms with Crippen molar-refractivity contribution in [1.82, 2.24) is 0 Å². The van der Waals surface area contributed by atoms with Gasteiger partial charge in [0, 0.05) is 13.1 Å². The van der Waals surface area contributed by atoms with Crippen LogP contribution in [0.5, 0.6) is 0 Å². The van der Waals surface area contributed by atoms with Crippen LogP contribution in [0.3, 0.4) is 0 Å². The number of carboxylic acids is 1. The van der Waals surface area contributed by atoms with Gasteiger partial charge in [0.25, 0.3) is 0 Å². The minimum Gasteiger partial charge on any atom is -0.481 e. The number of amides is 1. The molecule has 1 heterocycles. The molecule has 1 rings (SSSR count). The molecule has 1 aromatic rings. The molecule has 0 radical (unpaired) electrons. The second kappa shape index (κ2) is 4.16. The van der Waals surface area contributed by atoms with Crippen LogP contribution in [0.4, 0.5) is 5.88 Å². The lowest BCUT2D eigenvalue weighted by molar-refractivity contribution is -0.145. The fraction of sp³-hybridized carbons (Fsp3) is 0.400. The van der Waals surface area contributed by atoms with Gasteiger partial charge in [0.1, 0.15) is 11.7 Å². The van der Waals surface area contributed by atoms with E-state index in [9.17, 15) is 9.59 Å². The predicted octanol–water partition coefficient (Wildman–Crippen LogP) is 1.27. The van der Waals surface area contributed by atoms with Gasteiger partial charge in [0.2, 0.25) is 11.8 Å². The molecule has 5 nitrogen and oxygen atoms in total. The summed E-state index contributed by atoms with van der Waals surface area (Å²) in [6, 6.07) is 3.34. The third-order valence-electron chi connectivity index (χ3n) is 2.13. The highest BCUT2D eigenvalue weighted by atomic mass is 16.4. The van der Waals surface area contributed by atoms with Crippen molar-refractivity contribution in [2.45, 2.75) is 13.8 Å². The van der Waals surface area contributed by atoms with Crippen molar-refractivity contribution in [3.05, 3.63) is 17.9 Å². The van der Waals surface area contributed by atoms with Crippen LogP contribution < -0.4 is 4.90 Å². The Labute approximate surface area is 87.3 Å². The van der Waals surface area contributed by atoms with E-state index in [1.54, 1.807) is 19.1 Å². The Bertz CT molecular complexity index is 383. The number of hydrogen-bond donors (Lipinski definition) is 1. The van der Waals surface area contributed by atoms with Gasteiger partial charge in [-0.15, -0.1) is 0 Å². The highest BCUT2D eigenvalue weighted by Gasteiger charge is 2.25. The van der Waals surface area contributed by atoms with E-state index in [0.29, 0.717) is 11.6 Å². The molecule has 0 spiro atoms. The summed E-state index contributed by atoms with van der Waals surface area (Å²) in [5.41, 5.74) is 0. The van der Waals surface area contributed by atoms with Gasteiger partial charge < -0.3 is 9.52 Å². The van der Waals surface area contributed by atoms with Gasteiger partial charge in [-0.25, -0.2) is 0 Å². The Balaban J connectivity index is 2.81. The van der Waals surface area contributed by atoms with E-state index in [4.69, 9.17) is 9.52 Å². The molecule has 0 saturated carbocycles. The number of furan rings is 1. The quantitative estimate of drug-likeness (QED) is 0.764. The smallest absolute Gasteiger partial charge is 0.315 e. The van der Waals surface area contributed by atoms with Crippen molar-refractivity contribution in [3.63, 3.8) is 0 Å². The number of aliphatic carboxylic acids is 1. The first-order valence-corrected chi connectivity index (χ1v) is 4.50. The number of carboxylic acid groups (broad SMARTS) is 1. The topological polar surface area (TPSA) is 70.8 Å². The van der Waals surface area contributed by atoms with Crippen molar-refractivity contribution in [2.75, 3.05) is 11.9 Å². The maximum atomic E-state index is 11.6. The maximum Gasteiger partial charge on any atom is 0.315 e. The highest BCUT2D eigenvalue weighted by molar-refractivity contribution is 6.04. The molecule has 0 aliphatic carbocycles. The number of carbonyl (C=O) groups excluding carboxylic acids is 1. The van der Waals surface area contributed by atoms with Crippen LogP contribution in [-0.2, 0) is 9.59 Å². The number of carbonyl (C=O) groups is 2. The van der Waals surface area contributed by atoms with Gasteiger partial charge in [-0.3, -0.25) is 14.5 Å². The van der Waals surface area contributed by atoms with Crippen molar-refractivity contribution in [1.29, 1.82) is 0 Å². The second-order valence-corrected chi connectivity index (χ2v) is 3.34. The van der Waals surface area contributed by atoms with Crippen LogP contribution >= 0.6 is 0 Å². The van der Waals surface area contributed by atoms with Crippen molar-refractivity contribution in [3.8, 4) is 0 Å². The maximum absolute atomic E-state index is 11.6. The average molecular weight is 211 g/mol. The Morgan fingerprint density at radius 2 is 2.07 bits per heavy atom. The first kappa shape index (κ1) is 11.3. The Kier molecular flexibility index (Phi) is 3.14. The second-order valence-electron chi connectivity index (χ2n) is 3.34. The molecular formula is C10H13NO4. The van der Waals surface area contributed by atoms with E-state index in [2.05, 4.69) is 0 Å². The van der Waals surface area contributed by atoms with Gasteiger partial charge in [0.15, 0.2) is 0 Å². The molecule has 0 saturated heterocycles. The van der Waals surface area contributed by atoms with E-state index < -0.39 is 17.8 Å². The van der Waals surface area contributed by atoms with Gasteiger partial charge >= 0.3 is 5.97 Å². The van der Waals surface area contributed by atoms with E-state index in [-0.39, 0.29) is 0 Å². The lowest BCUT2D eigenvalue weighted by Crippen LogP contribution is -2.35. The fourth-order valence-electron chi connectivity index (χ4n) is 1.11. The van der Waals surface area contributed by atoms with Crippen LogP contribution in [0.1, 0.15) is 12.7 Å². The molecule has 1 unspecified atom stereocenters. The lowest BCUT2D eigenvalue weighted by atomic mass is 10.1. The van der Waals surface area contributed by atoms with Crippen molar-refractivity contribution >= 4 is 17.8 Å². The molecule has 1 atom stereocenters. The number of rotatable bonds is 3. The molecule has 1 amide bonds. The van der Waals surface area contributed by atoms with E-state index in [0.717, 1.165) is 0 Å². The van der Waals surface area contributed by atoms with Gasteiger partial charge in [0.05, 0.1) is 0 Å². The summed E-state index contributed by atoms with van der Waals surface area (Å²) in [5.74, 6) is -1.69. The van der Waals surface area contributed by atoms with E-state index >= 15 is 0 Å². The van der Waals surface area contributed by atoms with Crippen molar-refractivity contribution < 1.29 is 19.1 Å². The SMILES string of the molecule is Cc1ccc(N(C)C(=O)C(C)C(=O)O)o1. The first-order valence-electron chi connectivity index (χ1n) is 4.50. The molecular weight excluding hydrogens is 198 g/mol. The number of nitrogens with zero attached hydrogens (tertiary/aromatic N) is 1. The summed E-state index contributed by atoms with van der Waals surface area (Å²) < 4.78 is 5.21. The van der Waals surface area contributed by atoms with Gasteiger partial charge in [-0.1, -0.05) is 0 Å². The van der Waals surface area contributed by atoms with Gasteiger partial charge in [-0.05, 0) is 19.9 Å². The van der Waals surface area contributed by atoms with Crippen LogP contribution in [-0.4, -0.2) is 24.0 Å². The van der Waals surface area contributed by atoms with E-state index in [1.807, 2.05) is 0 Å². The monoisotopic (exact) mass is 211 g/mol. The molecule has 1 aromatic heterocycles. The summed E-state index contributed by atoms with van der Waals surface area (Å²) in [6.45, 7) is 3.10. The molecule has 0 aromatic carbocycles. The fourth-order valence-corrected chi connectivity index (χ4v) is 1.11. The Morgan fingerprint density at radius 1 is 1.47 bits per heavy atom.